The second-order valence-electron chi connectivity index (χ2n) is 10.5. The van der Waals surface area contributed by atoms with Crippen molar-refractivity contribution in [2.75, 3.05) is 6.61 Å². The van der Waals surface area contributed by atoms with Crippen LogP contribution in [0.5, 0.6) is 0 Å². The van der Waals surface area contributed by atoms with Crippen molar-refractivity contribution in [3.05, 3.63) is 0 Å². The molecule has 0 radical (unpaired) electrons. The first kappa shape index (κ1) is 27.2. The highest BCUT2D eigenvalue weighted by molar-refractivity contribution is 6.74. The van der Waals surface area contributed by atoms with Crippen LogP contribution in [0.15, 0.2) is 0 Å². The molecule has 0 spiro atoms. The van der Waals surface area contributed by atoms with Crippen molar-refractivity contribution in [2.24, 2.45) is 5.92 Å². The smallest absolute Gasteiger partial charge is 0.191 e. The van der Waals surface area contributed by atoms with Crippen LogP contribution < -0.4 is 0 Å². The van der Waals surface area contributed by atoms with Gasteiger partial charge in [-0.15, -0.1) is 0 Å². The van der Waals surface area contributed by atoms with Crippen molar-refractivity contribution in [1.29, 1.82) is 0 Å². The van der Waals surface area contributed by atoms with Crippen LogP contribution in [0.1, 0.15) is 131 Å². The SMILES string of the molecule is CCC(C)CCCCCCCCCCCCCCCO[Si](C)(C)C(C)(C)C. The Morgan fingerprint density at radius 1 is 0.667 bits per heavy atom. The second-order valence-corrected chi connectivity index (χ2v) is 15.3. The average molecular weight is 399 g/mol. The van der Waals surface area contributed by atoms with E-state index in [1.54, 1.807) is 0 Å². The van der Waals surface area contributed by atoms with Gasteiger partial charge in [-0.1, -0.05) is 125 Å². The highest BCUT2D eigenvalue weighted by atomic mass is 28.4. The second kappa shape index (κ2) is 16.0. The zero-order valence-corrected chi connectivity index (χ0v) is 21.3. The number of hydrogen-bond acceptors (Lipinski definition) is 1. The summed E-state index contributed by atoms with van der Waals surface area (Å²) in [5, 5.41) is 0.348. The molecule has 0 N–H and O–H groups in total. The lowest BCUT2D eigenvalue weighted by Gasteiger charge is -2.36. The zero-order valence-electron chi connectivity index (χ0n) is 20.3. The van der Waals surface area contributed by atoms with Crippen molar-refractivity contribution in [3.8, 4) is 0 Å². The van der Waals surface area contributed by atoms with Gasteiger partial charge in [-0.2, -0.15) is 0 Å². The van der Waals surface area contributed by atoms with Gasteiger partial charge in [0.15, 0.2) is 8.32 Å². The maximum Gasteiger partial charge on any atom is 0.191 e. The van der Waals surface area contributed by atoms with Crippen molar-refractivity contribution >= 4 is 8.32 Å². The maximum atomic E-state index is 6.26. The zero-order chi connectivity index (χ0) is 20.6. The lowest BCUT2D eigenvalue weighted by molar-refractivity contribution is 0.277. The molecule has 0 bridgehead atoms. The lowest BCUT2D eigenvalue weighted by atomic mass is 9.99. The van der Waals surface area contributed by atoms with E-state index in [2.05, 4.69) is 47.7 Å². The Morgan fingerprint density at radius 3 is 1.41 bits per heavy atom. The summed E-state index contributed by atoms with van der Waals surface area (Å²) in [6, 6.07) is 0. The number of rotatable bonds is 18. The first-order valence-corrected chi connectivity index (χ1v) is 15.3. The van der Waals surface area contributed by atoms with Gasteiger partial charge in [0.1, 0.15) is 0 Å². The molecule has 0 amide bonds. The highest BCUT2D eigenvalue weighted by Crippen LogP contribution is 2.36. The normalized spacial score (nSPS) is 13.9. The molecule has 1 atom stereocenters. The topological polar surface area (TPSA) is 9.23 Å². The summed E-state index contributed by atoms with van der Waals surface area (Å²) in [5.41, 5.74) is 0. The van der Waals surface area contributed by atoms with Crippen LogP contribution in [0.3, 0.4) is 0 Å². The third kappa shape index (κ3) is 15.7. The standard InChI is InChI=1S/C25H54OSi/c1-8-24(2)22-20-18-16-14-12-10-9-11-13-15-17-19-21-23-26-27(6,7)25(3,4)5/h24H,8-23H2,1-7H3. The number of unbranched alkanes of at least 4 members (excludes halogenated alkanes) is 12. The van der Waals surface area contributed by atoms with Crippen LogP contribution in [-0.4, -0.2) is 14.9 Å². The Balaban J connectivity index is 3.24. The summed E-state index contributed by atoms with van der Waals surface area (Å²) >= 11 is 0. The van der Waals surface area contributed by atoms with Gasteiger partial charge in [0.25, 0.3) is 0 Å². The fraction of sp³-hybridized carbons (Fsp3) is 1.00. The molecule has 0 aliphatic rings. The van der Waals surface area contributed by atoms with E-state index in [1.807, 2.05) is 0 Å². The molecule has 0 heterocycles. The average Bonchev–Trinajstić information content (AvgIpc) is 2.60. The molecule has 0 saturated heterocycles. The van der Waals surface area contributed by atoms with Crippen LogP contribution in [0.4, 0.5) is 0 Å². The van der Waals surface area contributed by atoms with Crippen LogP contribution in [0.2, 0.25) is 18.1 Å². The molecule has 27 heavy (non-hydrogen) atoms. The van der Waals surface area contributed by atoms with Crippen molar-refractivity contribution in [2.45, 2.75) is 149 Å². The van der Waals surface area contributed by atoms with Gasteiger partial charge in [0.05, 0.1) is 0 Å². The Hall–Kier alpha value is 0.177. The quantitative estimate of drug-likeness (QED) is 0.165. The molecule has 0 fully saturated rings. The predicted molar refractivity (Wildman–Crippen MR) is 127 cm³/mol. The Bertz CT molecular complexity index is 319. The number of hydrogen-bond donors (Lipinski definition) is 0. The monoisotopic (exact) mass is 398 g/mol. The van der Waals surface area contributed by atoms with Gasteiger partial charge in [0.2, 0.25) is 0 Å². The minimum absolute atomic E-state index is 0.348. The Kier molecular flexibility index (Phi) is 16.1. The molecule has 0 aromatic rings. The fourth-order valence-corrected chi connectivity index (χ4v) is 4.38. The van der Waals surface area contributed by atoms with Gasteiger partial charge < -0.3 is 4.43 Å². The fourth-order valence-electron chi connectivity index (χ4n) is 3.29. The molecule has 164 valence electrons. The van der Waals surface area contributed by atoms with Gasteiger partial charge in [-0.25, -0.2) is 0 Å². The maximum absolute atomic E-state index is 6.26. The largest absolute Gasteiger partial charge is 0.417 e. The molecular weight excluding hydrogens is 344 g/mol. The molecule has 0 rings (SSSR count). The molecular formula is C25H54OSi. The van der Waals surface area contributed by atoms with Crippen LogP contribution >= 0.6 is 0 Å². The van der Waals surface area contributed by atoms with E-state index in [9.17, 15) is 0 Å². The highest BCUT2D eigenvalue weighted by Gasteiger charge is 2.36. The van der Waals surface area contributed by atoms with Gasteiger partial charge in [-0.05, 0) is 30.5 Å². The molecule has 0 aliphatic heterocycles. The third-order valence-electron chi connectivity index (χ3n) is 6.81. The minimum Gasteiger partial charge on any atom is -0.417 e. The van der Waals surface area contributed by atoms with E-state index in [4.69, 9.17) is 4.43 Å². The van der Waals surface area contributed by atoms with Crippen LogP contribution in [-0.2, 0) is 4.43 Å². The van der Waals surface area contributed by atoms with Crippen molar-refractivity contribution in [1.82, 2.24) is 0 Å². The van der Waals surface area contributed by atoms with E-state index >= 15 is 0 Å². The molecule has 0 aliphatic carbocycles. The molecule has 1 unspecified atom stereocenters. The van der Waals surface area contributed by atoms with Crippen LogP contribution in [0.25, 0.3) is 0 Å². The van der Waals surface area contributed by atoms with E-state index in [0.29, 0.717) is 5.04 Å². The van der Waals surface area contributed by atoms with Crippen LogP contribution in [0, 0.1) is 5.92 Å². The summed E-state index contributed by atoms with van der Waals surface area (Å²) in [6.07, 6.45) is 21.4. The van der Waals surface area contributed by atoms with Crippen molar-refractivity contribution < 1.29 is 4.43 Å². The summed E-state index contributed by atoms with van der Waals surface area (Å²) in [4.78, 5) is 0. The van der Waals surface area contributed by atoms with E-state index < -0.39 is 8.32 Å². The third-order valence-corrected chi connectivity index (χ3v) is 11.3. The Morgan fingerprint density at radius 2 is 1.04 bits per heavy atom. The molecule has 0 aromatic carbocycles. The lowest BCUT2D eigenvalue weighted by Crippen LogP contribution is -2.40. The van der Waals surface area contributed by atoms with E-state index in [0.717, 1.165) is 12.5 Å². The van der Waals surface area contributed by atoms with E-state index in [1.165, 1.54) is 96.3 Å². The van der Waals surface area contributed by atoms with Gasteiger partial charge in [-0.3, -0.25) is 0 Å². The molecule has 2 heteroatoms. The first-order chi connectivity index (χ1) is 12.7. The van der Waals surface area contributed by atoms with E-state index in [-0.39, 0.29) is 0 Å². The Labute approximate surface area is 174 Å². The summed E-state index contributed by atoms with van der Waals surface area (Å²) in [5.74, 6) is 0.940. The molecule has 0 aromatic heterocycles. The van der Waals surface area contributed by atoms with Gasteiger partial charge >= 0.3 is 0 Å². The predicted octanol–water partition coefficient (Wildman–Crippen LogP) is 9.52. The minimum atomic E-state index is -1.52. The van der Waals surface area contributed by atoms with Gasteiger partial charge in [0, 0.05) is 6.61 Å². The first-order valence-electron chi connectivity index (χ1n) is 12.3. The molecule has 0 saturated carbocycles. The van der Waals surface area contributed by atoms with Crippen molar-refractivity contribution in [3.63, 3.8) is 0 Å². The summed E-state index contributed by atoms with van der Waals surface area (Å²) in [6.45, 7) is 17.4. The summed E-state index contributed by atoms with van der Waals surface area (Å²) in [7, 11) is -1.52. The summed E-state index contributed by atoms with van der Waals surface area (Å²) < 4.78 is 6.26. The molecule has 1 nitrogen and oxygen atoms in total.